The van der Waals surface area contributed by atoms with Gasteiger partial charge in [0.2, 0.25) is 0 Å². The molecule has 1 aliphatic carbocycles. The van der Waals surface area contributed by atoms with E-state index in [9.17, 15) is 0 Å². The van der Waals surface area contributed by atoms with Crippen molar-refractivity contribution in [1.82, 2.24) is 30.1 Å². The fourth-order valence-electron chi connectivity index (χ4n) is 3.49. The maximum atomic E-state index is 4.74. The van der Waals surface area contributed by atoms with Crippen LogP contribution in [0.2, 0.25) is 0 Å². The SMILES string of the molecule is CC(C)Nc1cncc(-c2cc3c(-c4nc5c([nH]4)CC=CC=C5)n[nH]c3cn2)c1. The molecule has 0 saturated heterocycles. The lowest BCUT2D eigenvalue weighted by molar-refractivity contribution is 0.898. The van der Waals surface area contributed by atoms with Crippen molar-refractivity contribution in [2.45, 2.75) is 26.3 Å². The maximum absolute atomic E-state index is 4.74. The first-order valence-corrected chi connectivity index (χ1v) is 9.66. The minimum Gasteiger partial charge on any atom is -0.382 e. The average Bonchev–Trinajstić information content (AvgIpc) is 3.25. The lowest BCUT2D eigenvalue weighted by Gasteiger charge is -2.10. The number of nitrogens with zero attached hydrogens (tertiary/aromatic N) is 4. The van der Waals surface area contributed by atoms with Crippen LogP contribution in [0.15, 0.2) is 49.0 Å². The molecule has 0 atom stereocenters. The van der Waals surface area contributed by atoms with Crippen LogP contribution in [-0.2, 0) is 6.42 Å². The van der Waals surface area contributed by atoms with Crippen molar-refractivity contribution >= 4 is 22.7 Å². The van der Waals surface area contributed by atoms with Crippen LogP contribution in [0.25, 0.3) is 39.8 Å². The van der Waals surface area contributed by atoms with Gasteiger partial charge in [-0.15, -0.1) is 0 Å². The Morgan fingerprint density at radius 3 is 2.93 bits per heavy atom. The Morgan fingerprint density at radius 1 is 1.10 bits per heavy atom. The standard InChI is InChI=1S/C22H21N7/c1-13(2)25-15-8-14(10-23-11-15)19-9-16-20(12-24-19)28-29-21(16)22-26-17-6-4-3-5-7-18(17)27-22/h3-6,8-13,25H,7H2,1-2H3,(H,26,27)(H,28,29). The highest BCUT2D eigenvalue weighted by atomic mass is 15.1. The van der Waals surface area contributed by atoms with E-state index in [0.29, 0.717) is 6.04 Å². The van der Waals surface area contributed by atoms with E-state index < -0.39 is 0 Å². The molecule has 4 aromatic rings. The number of anilines is 1. The molecule has 0 fully saturated rings. The van der Waals surface area contributed by atoms with E-state index in [4.69, 9.17) is 4.98 Å². The second-order valence-corrected chi connectivity index (χ2v) is 7.39. The van der Waals surface area contributed by atoms with Crippen molar-refractivity contribution in [3.05, 3.63) is 60.3 Å². The van der Waals surface area contributed by atoms with E-state index >= 15 is 0 Å². The van der Waals surface area contributed by atoms with Crippen molar-refractivity contribution in [3.63, 3.8) is 0 Å². The number of fused-ring (bicyclic) bond motifs is 2. The largest absolute Gasteiger partial charge is 0.382 e. The zero-order valence-corrected chi connectivity index (χ0v) is 16.3. The average molecular weight is 383 g/mol. The molecule has 0 bridgehead atoms. The fraction of sp³-hybridized carbons (Fsp3) is 0.182. The summed E-state index contributed by atoms with van der Waals surface area (Å²) in [5.74, 6) is 0.756. The molecule has 3 N–H and O–H groups in total. The summed E-state index contributed by atoms with van der Waals surface area (Å²) < 4.78 is 0. The molecule has 0 radical (unpaired) electrons. The molecule has 29 heavy (non-hydrogen) atoms. The summed E-state index contributed by atoms with van der Waals surface area (Å²) in [5, 5.41) is 11.9. The van der Waals surface area contributed by atoms with Crippen LogP contribution in [-0.4, -0.2) is 36.2 Å². The molecule has 0 saturated carbocycles. The molecule has 0 spiro atoms. The molecule has 5 rings (SSSR count). The monoisotopic (exact) mass is 383 g/mol. The van der Waals surface area contributed by atoms with Crippen molar-refractivity contribution in [2.75, 3.05) is 5.32 Å². The Labute approximate surface area is 168 Å². The normalized spacial score (nSPS) is 13.1. The third-order valence-corrected chi connectivity index (χ3v) is 4.79. The molecule has 144 valence electrons. The minimum atomic E-state index is 0.334. The van der Waals surface area contributed by atoms with Gasteiger partial charge in [0.1, 0.15) is 5.69 Å². The van der Waals surface area contributed by atoms with E-state index in [1.165, 1.54) is 0 Å². The van der Waals surface area contributed by atoms with Gasteiger partial charge >= 0.3 is 0 Å². The van der Waals surface area contributed by atoms with Gasteiger partial charge in [-0.25, -0.2) is 4.98 Å². The van der Waals surface area contributed by atoms with Crippen molar-refractivity contribution in [2.24, 2.45) is 0 Å². The molecule has 0 unspecified atom stereocenters. The molecule has 4 aromatic heterocycles. The number of hydrogen-bond acceptors (Lipinski definition) is 5. The van der Waals surface area contributed by atoms with Gasteiger partial charge in [0.25, 0.3) is 0 Å². The molecule has 7 heteroatoms. The molecule has 0 aliphatic heterocycles. The summed E-state index contributed by atoms with van der Waals surface area (Å²) in [4.78, 5) is 17.1. The van der Waals surface area contributed by atoms with Gasteiger partial charge in [0.15, 0.2) is 5.82 Å². The molecule has 4 heterocycles. The summed E-state index contributed by atoms with van der Waals surface area (Å²) in [6, 6.07) is 4.43. The van der Waals surface area contributed by atoms with Gasteiger partial charge in [0, 0.05) is 41.5 Å². The molecular formula is C22H21N7. The summed E-state index contributed by atoms with van der Waals surface area (Å²) in [6.45, 7) is 4.20. The number of allylic oxidation sites excluding steroid dienone is 3. The summed E-state index contributed by atoms with van der Waals surface area (Å²) in [5.41, 5.74) is 6.47. The highest BCUT2D eigenvalue weighted by Gasteiger charge is 2.16. The molecule has 0 amide bonds. The molecule has 1 aliphatic rings. The van der Waals surface area contributed by atoms with Gasteiger partial charge in [-0.2, -0.15) is 5.10 Å². The number of nitrogens with one attached hydrogen (secondary N) is 3. The third-order valence-electron chi connectivity index (χ3n) is 4.79. The molecule has 7 nitrogen and oxygen atoms in total. The maximum Gasteiger partial charge on any atom is 0.159 e. The summed E-state index contributed by atoms with van der Waals surface area (Å²) in [7, 11) is 0. The number of H-pyrrole nitrogens is 2. The van der Waals surface area contributed by atoms with E-state index in [0.717, 1.165) is 57.2 Å². The van der Waals surface area contributed by atoms with E-state index in [1.54, 1.807) is 6.20 Å². The second kappa shape index (κ2) is 7.01. The van der Waals surface area contributed by atoms with Crippen molar-refractivity contribution in [3.8, 4) is 22.8 Å². The van der Waals surface area contributed by atoms with Gasteiger partial charge < -0.3 is 10.3 Å². The van der Waals surface area contributed by atoms with Crippen LogP contribution in [0, 0.1) is 0 Å². The highest BCUT2D eigenvalue weighted by molar-refractivity contribution is 5.93. The highest BCUT2D eigenvalue weighted by Crippen LogP contribution is 2.29. The van der Waals surface area contributed by atoms with Crippen molar-refractivity contribution < 1.29 is 0 Å². The first-order chi connectivity index (χ1) is 14.2. The van der Waals surface area contributed by atoms with Crippen LogP contribution in [0.1, 0.15) is 25.2 Å². The van der Waals surface area contributed by atoms with Crippen LogP contribution in [0.5, 0.6) is 0 Å². The Hall–Kier alpha value is -3.74. The Morgan fingerprint density at radius 2 is 2.03 bits per heavy atom. The number of imidazole rings is 1. The molecular weight excluding hydrogens is 362 g/mol. The lowest BCUT2D eigenvalue weighted by Crippen LogP contribution is -2.09. The Bertz CT molecular complexity index is 1240. The van der Waals surface area contributed by atoms with Crippen LogP contribution < -0.4 is 5.32 Å². The Balaban J connectivity index is 1.57. The number of pyridine rings is 2. The van der Waals surface area contributed by atoms with Crippen LogP contribution in [0.4, 0.5) is 5.69 Å². The first kappa shape index (κ1) is 17.4. The zero-order valence-electron chi connectivity index (χ0n) is 16.3. The van der Waals surface area contributed by atoms with Gasteiger partial charge in [-0.05, 0) is 32.1 Å². The van der Waals surface area contributed by atoms with Crippen LogP contribution >= 0.6 is 0 Å². The predicted octanol–water partition coefficient (Wildman–Crippen LogP) is 4.36. The van der Waals surface area contributed by atoms with E-state index in [2.05, 4.69) is 56.5 Å². The first-order valence-electron chi connectivity index (χ1n) is 9.66. The smallest absolute Gasteiger partial charge is 0.159 e. The number of hydrogen-bond donors (Lipinski definition) is 3. The number of rotatable bonds is 4. The summed E-state index contributed by atoms with van der Waals surface area (Å²) >= 11 is 0. The number of aromatic nitrogens is 6. The van der Waals surface area contributed by atoms with Crippen molar-refractivity contribution in [1.29, 1.82) is 0 Å². The van der Waals surface area contributed by atoms with E-state index in [-0.39, 0.29) is 0 Å². The quantitative estimate of drug-likeness (QED) is 0.487. The lowest BCUT2D eigenvalue weighted by atomic mass is 10.1. The summed E-state index contributed by atoms with van der Waals surface area (Å²) in [6.07, 6.45) is 14.4. The fourth-order valence-corrected chi connectivity index (χ4v) is 3.49. The van der Waals surface area contributed by atoms with E-state index in [1.807, 2.05) is 36.7 Å². The Kier molecular flexibility index (Phi) is 4.20. The minimum absolute atomic E-state index is 0.334. The zero-order chi connectivity index (χ0) is 19.8. The number of aromatic amines is 2. The van der Waals surface area contributed by atoms with Crippen LogP contribution in [0.3, 0.4) is 0 Å². The predicted molar refractivity (Wildman–Crippen MR) is 115 cm³/mol. The molecule has 0 aromatic carbocycles. The second-order valence-electron chi connectivity index (χ2n) is 7.39. The van der Waals surface area contributed by atoms with Gasteiger partial charge in [-0.3, -0.25) is 15.1 Å². The van der Waals surface area contributed by atoms with Gasteiger partial charge in [0.05, 0.1) is 28.8 Å². The van der Waals surface area contributed by atoms with Gasteiger partial charge in [-0.1, -0.05) is 18.2 Å². The third kappa shape index (κ3) is 3.31. The topological polar surface area (TPSA) is 95.2 Å².